The summed E-state index contributed by atoms with van der Waals surface area (Å²) in [6.45, 7) is 4.10. The molecule has 0 aromatic heterocycles. The fraction of sp³-hybridized carbons (Fsp3) is 0.900. The highest BCUT2D eigenvalue weighted by molar-refractivity contribution is 7.85. The number of aliphatic carboxylic acids is 1. The van der Waals surface area contributed by atoms with E-state index in [1.807, 2.05) is 6.92 Å². The monoisotopic (exact) mass is 268 g/mol. The van der Waals surface area contributed by atoms with E-state index in [0.717, 1.165) is 0 Å². The van der Waals surface area contributed by atoms with Gasteiger partial charge in [-0.05, 0) is 13.3 Å². The minimum Gasteiger partial charge on any atom is -0.477 e. The maximum atomic E-state index is 11.4. The summed E-state index contributed by atoms with van der Waals surface area (Å²) in [5.41, 5.74) is -1.06. The number of carbonyl (C=O) groups is 1. The van der Waals surface area contributed by atoms with Gasteiger partial charge in [0.1, 0.15) is 0 Å². The summed E-state index contributed by atoms with van der Waals surface area (Å²) in [4.78, 5) is 11.4. The molecule has 0 aliphatic heterocycles. The molecule has 2 N–H and O–H groups in total. The van der Waals surface area contributed by atoms with E-state index in [1.54, 1.807) is 21.0 Å². The summed E-state index contributed by atoms with van der Waals surface area (Å²) in [5, 5.41) is 9.30. The van der Waals surface area contributed by atoms with Gasteiger partial charge < -0.3 is 9.59 Å². The molecule has 0 fully saturated rings. The Balaban J connectivity index is 4.83. The van der Waals surface area contributed by atoms with Gasteiger partial charge in [-0.15, -0.1) is 0 Å². The van der Waals surface area contributed by atoms with Crippen molar-refractivity contribution < 1.29 is 27.4 Å². The van der Waals surface area contributed by atoms with Crippen molar-refractivity contribution in [2.24, 2.45) is 0 Å². The Bertz CT molecular complexity index is 376. The number of rotatable bonds is 7. The third-order valence-electron chi connectivity index (χ3n) is 3.65. The molecule has 0 aliphatic rings. The molecule has 0 saturated heterocycles. The van der Waals surface area contributed by atoms with Crippen molar-refractivity contribution >= 4 is 16.1 Å². The van der Waals surface area contributed by atoms with Crippen LogP contribution in [0.25, 0.3) is 0 Å². The number of nitrogens with zero attached hydrogens (tertiary/aromatic N) is 1. The lowest BCUT2D eigenvalue weighted by molar-refractivity contribution is -0.929. The van der Waals surface area contributed by atoms with Gasteiger partial charge in [-0.2, -0.15) is 8.42 Å². The predicted octanol–water partition coefficient (Wildman–Crippen LogP) is 0.594. The fourth-order valence-electron chi connectivity index (χ4n) is 1.62. The van der Waals surface area contributed by atoms with Gasteiger partial charge in [0, 0.05) is 13.3 Å². The van der Waals surface area contributed by atoms with Crippen LogP contribution in [-0.4, -0.2) is 60.5 Å². The Morgan fingerprint density at radius 3 is 2.12 bits per heavy atom. The molecule has 0 aromatic rings. The molecule has 6 nitrogen and oxygen atoms in total. The van der Waals surface area contributed by atoms with Crippen LogP contribution in [0.1, 0.15) is 26.7 Å². The first-order chi connectivity index (χ1) is 7.46. The standard InChI is InChI=1S/C10H21NO5S/c1-5-11(3,4)10(2,9(12)13)7-6-8-17(14,15)16/h5-8H2,1-4H3,(H-,12,13,14,15,16)/p+1. The molecule has 0 aromatic carbocycles. The van der Waals surface area contributed by atoms with Crippen molar-refractivity contribution in [2.45, 2.75) is 32.2 Å². The summed E-state index contributed by atoms with van der Waals surface area (Å²) in [5.74, 6) is -1.36. The van der Waals surface area contributed by atoms with Gasteiger partial charge >= 0.3 is 5.97 Å². The molecule has 102 valence electrons. The van der Waals surface area contributed by atoms with Crippen LogP contribution in [0.2, 0.25) is 0 Å². The zero-order valence-electron chi connectivity index (χ0n) is 10.8. The maximum Gasteiger partial charge on any atom is 0.365 e. The lowest BCUT2D eigenvalue weighted by Gasteiger charge is -2.43. The number of carboxylic acids is 1. The first-order valence-electron chi connectivity index (χ1n) is 5.48. The second-order valence-electron chi connectivity index (χ2n) is 4.97. The van der Waals surface area contributed by atoms with E-state index in [4.69, 9.17) is 4.55 Å². The van der Waals surface area contributed by atoms with Crippen LogP contribution < -0.4 is 0 Å². The van der Waals surface area contributed by atoms with Crippen LogP contribution >= 0.6 is 0 Å². The number of hydrogen-bond acceptors (Lipinski definition) is 3. The van der Waals surface area contributed by atoms with Crippen molar-refractivity contribution in [1.82, 2.24) is 0 Å². The lowest BCUT2D eigenvalue weighted by Crippen LogP contribution is -2.62. The molecule has 7 heteroatoms. The number of carboxylic acid groups (broad SMARTS) is 1. The molecular formula is C10H22NO5S+. The van der Waals surface area contributed by atoms with Crippen LogP contribution in [0.5, 0.6) is 0 Å². The van der Waals surface area contributed by atoms with Gasteiger partial charge in [0.05, 0.1) is 26.4 Å². The van der Waals surface area contributed by atoms with Gasteiger partial charge in [0.2, 0.25) is 0 Å². The molecule has 0 rings (SSSR count). The largest absolute Gasteiger partial charge is 0.477 e. The number of hydrogen-bond donors (Lipinski definition) is 2. The minimum absolute atomic E-state index is 0.128. The normalized spacial score (nSPS) is 16.5. The summed E-state index contributed by atoms with van der Waals surface area (Å²) in [6.07, 6.45) is 0.326. The first kappa shape index (κ1) is 16.3. The lowest BCUT2D eigenvalue weighted by atomic mass is 9.92. The highest BCUT2D eigenvalue weighted by Gasteiger charge is 2.47. The van der Waals surface area contributed by atoms with Crippen LogP contribution in [0.15, 0.2) is 0 Å². The van der Waals surface area contributed by atoms with Crippen LogP contribution in [0.3, 0.4) is 0 Å². The zero-order chi connectivity index (χ0) is 13.9. The molecule has 17 heavy (non-hydrogen) atoms. The van der Waals surface area contributed by atoms with E-state index in [-0.39, 0.29) is 17.3 Å². The first-order valence-corrected chi connectivity index (χ1v) is 7.09. The Morgan fingerprint density at radius 2 is 1.82 bits per heavy atom. The Labute approximate surface area is 103 Å². The summed E-state index contributed by atoms with van der Waals surface area (Å²) < 4.78 is 30.1. The van der Waals surface area contributed by atoms with E-state index in [0.29, 0.717) is 6.54 Å². The van der Waals surface area contributed by atoms with Crippen molar-refractivity contribution in [3.05, 3.63) is 0 Å². The summed E-state index contributed by atoms with van der Waals surface area (Å²) in [6, 6.07) is 0. The van der Waals surface area contributed by atoms with Crippen molar-refractivity contribution in [3.63, 3.8) is 0 Å². The minimum atomic E-state index is -4.02. The molecule has 0 amide bonds. The van der Waals surface area contributed by atoms with Crippen molar-refractivity contribution in [2.75, 3.05) is 26.4 Å². The average molecular weight is 268 g/mol. The summed E-state index contributed by atoms with van der Waals surface area (Å²) in [7, 11) is -0.438. The second kappa shape index (κ2) is 5.32. The van der Waals surface area contributed by atoms with Gasteiger partial charge in [-0.3, -0.25) is 4.55 Å². The van der Waals surface area contributed by atoms with Crippen molar-refractivity contribution in [3.8, 4) is 0 Å². The van der Waals surface area contributed by atoms with E-state index >= 15 is 0 Å². The molecule has 0 heterocycles. The molecule has 0 bridgehead atoms. The van der Waals surface area contributed by atoms with E-state index in [9.17, 15) is 18.3 Å². The maximum absolute atomic E-state index is 11.4. The molecule has 0 saturated carbocycles. The van der Waals surface area contributed by atoms with Crippen LogP contribution in [0.4, 0.5) is 0 Å². The third-order valence-corrected chi connectivity index (χ3v) is 4.46. The molecule has 0 spiro atoms. The topological polar surface area (TPSA) is 91.7 Å². The Kier molecular flexibility index (Phi) is 5.12. The van der Waals surface area contributed by atoms with E-state index < -0.39 is 27.4 Å². The van der Waals surface area contributed by atoms with E-state index in [1.165, 1.54) is 0 Å². The van der Waals surface area contributed by atoms with Crippen LogP contribution in [-0.2, 0) is 14.9 Å². The van der Waals surface area contributed by atoms with Gasteiger partial charge in [-0.25, -0.2) is 4.79 Å². The van der Waals surface area contributed by atoms with Crippen LogP contribution in [0, 0.1) is 0 Å². The summed E-state index contributed by atoms with van der Waals surface area (Å²) >= 11 is 0. The van der Waals surface area contributed by atoms with Crippen molar-refractivity contribution in [1.29, 1.82) is 0 Å². The zero-order valence-corrected chi connectivity index (χ0v) is 11.6. The molecule has 0 aliphatic carbocycles. The Hall–Kier alpha value is -0.660. The fourth-order valence-corrected chi connectivity index (χ4v) is 2.13. The SMILES string of the molecule is CC[N+](C)(C)C(C)(CCCS(=O)(=O)O)C(=O)O. The highest BCUT2D eigenvalue weighted by Crippen LogP contribution is 2.26. The molecule has 1 atom stereocenters. The van der Waals surface area contributed by atoms with E-state index in [2.05, 4.69) is 0 Å². The molecule has 1 unspecified atom stereocenters. The average Bonchev–Trinajstić information content (AvgIpc) is 2.14. The number of likely N-dealkylation sites (N-methyl/N-ethyl adjacent to an activating group) is 1. The third kappa shape index (κ3) is 4.25. The van der Waals surface area contributed by atoms with Gasteiger partial charge in [-0.1, -0.05) is 0 Å². The second-order valence-corrected chi connectivity index (χ2v) is 6.54. The van der Waals surface area contributed by atoms with Gasteiger partial charge in [0.15, 0.2) is 5.54 Å². The molecule has 0 radical (unpaired) electrons. The Morgan fingerprint density at radius 1 is 1.35 bits per heavy atom. The quantitative estimate of drug-likeness (QED) is 0.521. The predicted molar refractivity (Wildman–Crippen MR) is 64.3 cm³/mol. The number of quaternary nitrogens is 1. The smallest absolute Gasteiger partial charge is 0.365 e. The van der Waals surface area contributed by atoms with Gasteiger partial charge in [0.25, 0.3) is 10.1 Å². The highest BCUT2D eigenvalue weighted by atomic mass is 32.2. The molecular weight excluding hydrogens is 246 g/mol.